The van der Waals surface area contributed by atoms with Crippen LogP contribution >= 0.6 is 11.3 Å². The number of piperazine rings is 1. The van der Waals surface area contributed by atoms with Crippen molar-refractivity contribution in [1.29, 1.82) is 0 Å². The van der Waals surface area contributed by atoms with Crippen molar-refractivity contribution in [3.63, 3.8) is 0 Å². The molecular formula is C14H20N2O2S. The van der Waals surface area contributed by atoms with E-state index in [1.165, 1.54) is 4.88 Å². The molecule has 2 atom stereocenters. The number of hydrogen-bond acceptors (Lipinski definition) is 3. The number of rotatable bonds is 4. The van der Waals surface area contributed by atoms with Crippen molar-refractivity contribution in [2.75, 3.05) is 0 Å². The number of nitrogens with one attached hydrogen (secondary N) is 1. The van der Waals surface area contributed by atoms with Gasteiger partial charge in [-0.2, -0.15) is 0 Å². The number of carbonyl (C=O) groups excluding carboxylic acids is 2. The summed E-state index contributed by atoms with van der Waals surface area (Å²) >= 11 is 1.72. The minimum Gasteiger partial charge on any atom is -0.343 e. The Hall–Kier alpha value is -1.36. The van der Waals surface area contributed by atoms with Crippen LogP contribution in [0, 0.1) is 0 Å². The van der Waals surface area contributed by atoms with Gasteiger partial charge in [-0.1, -0.05) is 13.8 Å². The quantitative estimate of drug-likeness (QED) is 0.916. The Morgan fingerprint density at radius 3 is 2.53 bits per heavy atom. The van der Waals surface area contributed by atoms with Crippen LogP contribution in [0.1, 0.15) is 36.9 Å². The summed E-state index contributed by atoms with van der Waals surface area (Å²) in [6.07, 6.45) is 1.66. The molecule has 1 aliphatic heterocycles. The van der Waals surface area contributed by atoms with E-state index in [0.717, 1.165) is 11.3 Å². The lowest BCUT2D eigenvalue weighted by atomic mass is 10.1. The van der Waals surface area contributed by atoms with Crippen LogP contribution in [0.2, 0.25) is 0 Å². The van der Waals surface area contributed by atoms with Crippen LogP contribution in [0.4, 0.5) is 0 Å². The minimum atomic E-state index is -0.416. The molecule has 1 saturated heterocycles. The molecule has 2 rings (SSSR count). The Bertz CT molecular complexity index is 484. The van der Waals surface area contributed by atoms with Gasteiger partial charge in [0.1, 0.15) is 12.1 Å². The number of carbonyl (C=O) groups is 2. The summed E-state index contributed by atoms with van der Waals surface area (Å²) in [5.74, 6) is -0.0280. The zero-order valence-electron chi connectivity index (χ0n) is 11.6. The molecule has 0 aliphatic carbocycles. The van der Waals surface area contributed by atoms with Gasteiger partial charge in [0.05, 0.1) is 6.54 Å². The first-order chi connectivity index (χ1) is 9.06. The molecule has 4 nitrogen and oxygen atoms in total. The van der Waals surface area contributed by atoms with Crippen LogP contribution in [-0.2, 0) is 22.6 Å². The van der Waals surface area contributed by atoms with Crippen LogP contribution in [-0.4, -0.2) is 28.8 Å². The second-order valence-electron chi connectivity index (χ2n) is 4.84. The van der Waals surface area contributed by atoms with E-state index in [9.17, 15) is 9.59 Å². The Labute approximate surface area is 117 Å². The summed E-state index contributed by atoms with van der Waals surface area (Å²) in [7, 11) is 0. The number of thiophene rings is 1. The predicted octanol–water partition coefficient (Wildman–Crippen LogP) is 1.94. The fourth-order valence-corrected chi connectivity index (χ4v) is 3.33. The molecule has 1 aromatic rings. The molecule has 1 aliphatic rings. The molecule has 1 fully saturated rings. The van der Waals surface area contributed by atoms with E-state index in [4.69, 9.17) is 0 Å². The maximum Gasteiger partial charge on any atom is 0.245 e. The maximum atomic E-state index is 12.2. The average Bonchev–Trinajstić information content (AvgIpc) is 2.83. The molecule has 1 N–H and O–H groups in total. The van der Waals surface area contributed by atoms with E-state index in [1.807, 2.05) is 6.92 Å². The largest absolute Gasteiger partial charge is 0.343 e. The highest BCUT2D eigenvalue weighted by Gasteiger charge is 2.37. The van der Waals surface area contributed by atoms with Crippen molar-refractivity contribution in [1.82, 2.24) is 10.2 Å². The Balaban J connectivity index is 2.18. The standard InChI is InChI=1S/C14H20N2O2S/c1-4-10-6-7-11(19-10)8-16-12(5-2)13(17)15-9(3)14(16)18/h6-7,9,12H,4-5,8H2,1-3H3,(H,15,17). The van der Waals surface area contributed by atoms with Crippen molar-refractivity contribution in [3.05, 3.63) is 21.9 Å². The highest BCUT2D eigenvalue weighted by molar-refractivity contribution is 7.11. The van der Waals surface area contributed by atoms with E-state index in [2.05, 4.69) is 24.4 Å². The van der Waals surface area contributed by atoms with Gasteiger partial charge in [-0.05, 0) is 31.9 Å². The van der Waals surface area contributed by atoms with Crippen LogP contribution in [0.3, 0.4) is 0 Å². The van der Waals surface area contributed by atoms with Crippen molar-refractivity contribution in [2.24, 2.45) is 0 Å². The SMILES string of the molecule is CCc1ccc(CN2C(=O)C(C)NC(=O)C2CC)s1. The van der Waals surface area contributed by atoms with Gasteiger partial charge < -0.3 is 10.2 Å². The first-order valence-electron chi connectivity index (χ1n) is 6.75. The van der Waals surface area contributed by atoms with Gasteiger partial charge in [0.25, 0.3) is 0 Å². The predicted molar refractivity (Wildman–Crippen MR) is 75.9 cm³/mol. The molecule has 0 bridgehead atoms. The van der Waals surface area contributed by atoms with E-state index >= 15 is 0 Å². The molecule has 0 aromatic carbocycles. The lowest BCUT2D eigenvalue weighted by molar-refractivity contribution is -0.149. The second-order valence-corrected chi connectivity index (χ2v) is 6.09. The summed E-state index contributed by atoms with van der Waals surface area (Å²) in [5.41, 5.74) is 0. The van der Waals surface area contributed by atoms with Crippen LogP contribution in [0.5, 0.6) is 0 Å². The topological polar surface area (TPSA) is 49.4 Å². The van der Waals surface area contributed by atoms with E-state index in [0.29, 0.717) is 13.0 Å². The van der Waals surface area contributed by atoms with Crippen LogP contribution in [0.25, 0.3) is 0 Å². The molecule has 1 aromatic heterocycles. The van der Waals surface area contributed by atoms with Crippen molar-refractivity contribution in [3.8, 4) is 0 Å². The molecule has 5 heteroatoms. The smallest absolute Gasteiger partial charge is 0.245 e. The van der Waals surface area contributed by atoms with E-state index in [1.54, 1.807) is 23.2 Å². The molecule has 0 saturated carbocycles. The van der Waals surface area contributed by atoms with Crippen LogP contribution < -0.4 is 5.32 Å². The molecule has 0 spiro atoms. The summed E-state index contributed by atoms with van der Waals surface area (Å²) in [6.45, 7) is 6.34. The molecule has 2 unspecified atom stereocenters. The van der Waals surface area contributed by atoms with Gasteiger partial charge in [0, 0.05) is 9.75 Å². The molecule has 0 radical (unpaired) electrons. The fourth-order valence-electron chi connectivity index (χ4n) is 2.37. The number of nitrogens with zero attached hydrogens (tertiary/aromatic N) is 1. The number of aryl methyl sites for hydroxylation is 1. The lowest BCUT2D eigenvalue weighted by Gasteiger charge is -2.37. The third-order valence-electron chi connectivity index (χ3n) is 3.47. The zero-order valence-corrected chi connectivity index (χ0v) is 12.4. The van der Waals surface area contributed by atoms with Crippen molar-refractivity contribution < 1.29 is 9.59 Å². The Morgan fingerprint density at radius 2 is 1.95 bits per heavy atom. The van der Waals surface area contributed by atoms with Gasteiger partial charge >= 0.3 is 0 Å². The third kappa shape index (κ3) is 2.81. The Kier molecular flexibility index (Phi) is 4.24. The second kappa shape index (κ2) is 5.74. The highest BCUT2D eigenvalue weighted by atomic mass is 32.1. The third-order valence-corrected chi connectivity index (χ3v) is 4.68. The summed E-state index contributed by atoms with van der Waals surface area (Å²) in [5, 5.41) is 2.74. The lowest BCUT2D eigenvalue weighted by Crippen LogP contribution is -2.61. The van der Waals surface area contributed by atoms with Gasteiger partial charge in [-0.3, -0.25) is 9.59 Å². The average molecular weight is 280 g/mol. The van der Waals surface area contributed by atoms with Crippen molar-refractivity contribution in [2.45, 2.75) is 52.2 Å². The van der Waals surface area contributed by atoms with Crippen molar-refractivity contribution >= 4 is 23.2 Å². The van der Waals surface area contributed by atoms with Gasteiger partial charge in [0.2, 0.25) is 11.8 Å². The van der Waals surface area contributed by atoms with Gasteiger partial charge in [-0.15, -0.1) is 11.3 Å². The zero-order chi connectivity index (χ0) is 14.0. The van der Waals surface area contributed by atoms with E-state index in [-0.39, 0.29) is 17.9 Å². The number of hydrogen-bond donors (Lipinski definition) is 1. The van der Waals surface area contributed by atoms with Gasteiger partial charge in [0.15, 0.2) is 0 Å². The molecule has 19 heavy (non-hydrogen) atoms. The number of amides is 2. The monoisotopic (exact) mass is 280 g/mol. The first kappa shape index (κ1) is 14.1. The summed E-state index contributed by atoms with van der Waals surface area (Å²) in [4.78, 5) is 28.3. The van der Waals surface area contributed by atoms with Crippen LogP contribution in [0.15, 0.2) is 12.1 Å². The molecule has 2 heterocycles. The maximum absolute atomic E-state index is 12.2. The molecule has 2 amide bonds. The van der Waals surface area contributed by atoms with E-state index < -0.39 is 6.04 Å². The normalized spacial score (nSPS) is 23.6. The fraction of sp³-hybridized carbons (Fsp3) is 0.571. The highest BCUT2D eigenvalue weighted by Crippen LogP contribution is 2.22. The molecule has 104 valence electrons. The summed E-state index contributed by atoms with van der Waals surface area (Å²) < 4.78 is 0. The molecular weight excluding hydrogens is 260 g/mol. The summed E-state index contributed by atoms with van der Waals surface area (Å²) in [6, 6.07) is 3.40. The van der Waals surface area contributed by atoms with Gasteiger partial charge in [-0.25, -0.2) is 0 Å². The minimum absolute atomic E-state index is 0.0119. The first-order valence-corrected chi connectivity index (χ1v) is 7.56. The Morgan fingerprint density at radius 1 is 1.26 bits per heavy atom.